The van der Waals surface area contributed by atoms with Gasteiger partial charge in [0.25, 0.3) is 10.0 Å². The van der Waals surface area contributed by atoms with Gasteiger partial charge < -0.3 is 9.64 Å². The molecule has 2 aromatic carbocycles. The first-order valence-electron chi connectivity index (χ1n) is 10.0. The van der Waals surface area contributed by atoms with Gasteiger partial charge in [-0.15, -0.1) is 0 Å². The van der Waals surface area contributed by atoms with Crippen molar-refractivity contribution in [1.82, 2.24) is 4.90 Å². The van der Waals surface area contributed by atoms with E-state index in [2.05, 4.69) is 11.9 Å². The number of benzene rings is 2. The number of nitrogens with zero attached hydrogens (tertiary/aromatic N) is 2. The van der Waals surface area contributed by atoms with Crippen molar-refractivity contribution in [3.8, 4) is 0 Å². The smallest absolute Gasteiger partial charge is 0.264 e. The minimum Gasteiger partial charge on any atom is -0.365 e. The molecule has 2 aromatic rings. The Morgan fingerprint density at radius 2 is 1.50 bits per heavy atom. The lowest BCUT2D eigenvalue weighted by Crippen LogP contribution is -2.43. The van der Waals surface area contributed by atoms with Gasteiger partial charge in [0, 0.05) is 30.3 Å². The van der Waals surface area contributed by atoms with Crippen molar-refractivity contribution >= 4 is 15.7 Å². The molecule has 5 rings (SSSR count). The van der Waals surface area contributed by atoms with E-state index in [9.17, 15) is 8.42 Å². The third kappa shape index (κ3) is 2.70. The Morgan fingerprint density at radius 3 is 2.21 bits per heavy atom. The van der Waals surface area contributed by atoms with Gasteiger partial charge in [-0.1, -0.05) is 36.4 Å². The second kappa shape index (κ2) is 6.58. The van der Waals surface area contributed by atoms with E-state index in [-0.39, 0.29) is 12.2 Å². The Bertz CT molecular complexity index is 992. The molecule has 148 valence electrons. The van der Waals surface area contributed by atoms with Crippen molar-refractivity contribution in [3.05, 3.63) is 59.7 Å². The largest absolute Gasteiger partial charge is 0.365 e. The lowest BCUT2D eigenvalue weighted by molar-refractivity contribution is -0.0432. The molecule has 4 atom stereocenters. The molecule has 2 unspecified atom stereocenters. The van der Waals surface area contributed by atoms with Gasteiger partial charge in [-0.2, -0.15) is 0 Å². The van der Waals surface area contributed by atoms with Crippen LogP contribution in [-0.4, -0.2) is 45.6 Å². The van der Waals surface area contributed by atoms with Crippen LogP contribution >= 0.6 is 0 Å². The molecule has 0 N–H and O–H groups in total. The van der Waals surface area contributed by atoms with Gasteiger partial charge in [-0.05, 0) is 44.9 Å². The number of hydrogen-bond donors (Lipinski definition) is 0. The van der Waals surface area contributed by atoms with Crippen LogP contribution in [-0.2, 0) is 14.8 Å². The number of piperidine rings is 1. The monoisotopic (exact) mass is 398 g/mol. The standard InChI is InChI=1S/C22H26N2O3S/c1-23-15-11-12-16(23)14-17(13-15)27-22-18-7-3-5-9-20(18)24(2)28(25,26)21-10-6-4-8-19(21)22/h3-10,15-17,22H,11-14H2,1-2H3/t15-,16+,17?,22?. The normalized spacial score (nSPS) is 31.1. The van der Waals surface area contributed by atoms with Gasteiger partial charge >= 0.3 is 0 Å². The Labute approximate surface area is 167 Å². The van der Waals surface area contributed by atoms with Crippen molar-refractivity contribution in [2.45, 2.75) is 54.9 Å². The highest BCUT2D eigenvalue weighted by molar-refractivity contribution is 7.92. The number of fused-ring (bicyclic) bond motifs is 4. The van der Waals surface area contributed by atoms with Crippen LogP contribution in [0.2, 0.25) is 0 Å². The van der Waals surface area contributed by atoms with Crippen molar-refractivity contribution in [2.24, 2.45) is 0 Å². The van der Waals surface area contributed by atoms with E-state index < -0.39 is 10.0 Å². The molecule has 0 radical (unpaired) electrons. The quantitative estimate of drug-likeness (QED) is 0.776. The second-order valence-corrected chi connectivity index (χ2v) is 10.2. The zero-order chi connectivity index (χ0) is 19.5. The number of sulfonamides is 1. The summed E-state index contributed by atoms with van der Waals surface area (Å²) in [5.41, 5.74) is 2.36. The summed E-state index contributed by atoms with van der Waals surface area (Å²) in [6, 6.07) is 16.1. The van der Waals surface area contributed by atoms with Crippen molar-refractivity contribution in [2.75, 3.05) is 18.4 Å². The summed E-state index contributed by atoms with van der Waals surface area (Å²) < 4.78 is 34.6. The zero-order valence-corrected chi connectivity index (χ0v) is 17.1. The van der Waals surface area contributed by atoms with Crippen LogP contribution in [0, 0.1) is 0 Å². The van der Waals surface area contributed by atoms with Gasteiger partial charge in [0.15, 0.2) is 0 Å². The third-order valence-corrected chi connectivity index (χ3v) is 8.63. The number of para-hydroxylation sites is 1. The van der Waals surface area contributed by atoms with Gasteiger partial charge in [0.2, 0.25) is 0 Å². The summed E-state index contributed by atoms with van der Waals surface area (Å²) in [5, 5.41) is 0. The van der Waals surface area contributed by atoms with Crippen molar-refractivity contribution < 1.29 is 13.2 Å². The van der Waals surface area contributed by atoms with Gasteiger partial charge in [0.1, 0.15) is 6.10 Å². The molecule has 2 bridgehead atoms. The van der Waals surface area contributed by atoms with Crippen LogP contribution in [0.1, 0.15) is 42.9 Å². The molecule has 0 aromatic heterocycles. The SMILES string of the molecule is CN1[C@@H]2CC[C@H]1CC(OC1c3ccccc3N(C)S(=O)(=O)c3ccccc31)C2. The van der Waals surface area contributed by atoms with Gasteiger partial charge in [0.05, 0.1) is 16.7 Å². The summed E-state index contributed by atoms with van der Waals surface area (Å²) in [7, 11) is 0.229. The fourth-order valence-corrected chi connectivity index (χ4v) is 6.63. The molecular weight excluding hydrogens is 372 g/mol. The zero-order valence-electron chi connectivity index (χ0n) is 16.3. The highest BCUT2D eigenvalue weighted by Crippen LogP contribution is 2.44. The fraction of sp³-hybridized carbons (Fsp3) is 0.455. The molecule has 0 amide bonds. The Hall–Kier alpha value is -1.89. The van der Waals surface area contributed by atoms with E-state index in [1.807, 2.05) is 36.4 Å². The summed E-state index contributed by atoms with van der Waals surface area (Å²) >= 11 is 0. The predicted molar refractivity (Wildman–Crippen MR) is 109 cm³/mol. The highest BCUT2D eigenvalue weighted by atomic mass is 32.2. The fourth-order valence-electron chi connectivity index (χ4n) is 5.18. The van der Waals surface area contributed by atoms with E-state index in [1.54, 1.807) is 19.2 Å². The molecule has 0 saturated carbocycles. The minimum absolute atomic E-state index is 0.144. The molecule has 6 heteroatoms. The van der Waals surface area contributed by atoms with E-state index in [0.29, 0.717) is 22.7 Å². The minimum atomic E-state index is -3.62. The molecule has 0 spiro atoms. The molecule has 3 aliphatic heterocycles. The second-order valence-electron chi connectivity index (χ2n) is 8.23. The number of anilines is 1. The first kappa shape index (κ1) is 18.2. The van der Waals surface area contributed by atoms with E-state index >= 15 is 0 Å². The summed E-state index contributed by atoms with van der Waals surface area (Å²) in [6.07, 6.45) is 4.25. The highest BCUT2D eigenvalue weighted by Gasteiger charge is 2.42. The topological polar surface area (TPSA) is 49.9 Å². The van der Waals surface area contributed by atoms with E-state index in [4.69, 9.17) is 4.74 Å². The van der Waals surface area contributed by atoms with Crippen LogP contribution in [0.15, 0.2) is 53.4 Å². The van der Waals surface area contributed by atoms with E-state index in [1.165, 1.54) is 17.1 Å². The molecule has 2 saturated heterocycles. The maximum absolute atomic E-state index is 13.2. The average Bonchev–Trinajstić information content (AvgIpc) is 2.89. The van der Waals surface area contributed by atoms with Gasteiger partial charge in [-0.25, -0.2) is 8.42 Å². The lowest BCUT2D eigenvalue weighted by atomic mass is 9.96. The third-order valence-electron chi connectivity index (χ3n) is 6.78. The summed E-state index contributed by atoms with van der Waals surface area (Å²) in [6.45, 7) is 0. The summed E-state index contributed by atoms with van der Waals surface area (Å²) in [4.78, 5) is 2.84. The maximum atomic E-state index is 13.2. The molecule has 3 aliphatic rings. The lowest BCUT2D eigenvalue weighted by Gasteiger charge is -2.38. The molecule has 2 fully saturated rings. The van der Waals surface area contributed by atoms with Crippen molar-refractivity contribution in [1.29, 1.82) is 0 Å². The first-order chi connectivity index (χ1) is 13.5. The van der Waals surface area contributed by atoms with Gasteiger partial charge in [-0.3, -0.25) is 4.31 Å². The van der Waals surface area contributed by atoms with Crippen LogP contribution in [0.5, 0.6) is 0 Å². The van der Waals surface area contributed by atoms with Crippen LogP contribution in [0.3, 0.4) is 0 Å². The number of ether oxygens (including phenoxy) is 1. The molecule has 0 aliphatic carbocycles. The van der Waals surface area contributed by atoms with Crippen LogP contribution in [0.25, 0.3) is 0 Å². The predicted octanol–water partition coefficient (Wildman–Crippen LogP) is 3.56. The average molecular weight is 399 g/mol. The van der Waals surface area contributed by atoms with Crippen LogP contribution < -0.4 is 4.31 Å². The first-order valence-corrected chi connectivity index (χ1v) is 11.4. The molecule has 5 nitrogen and oxygen atoms in total. The summed E-state index contributed by atoms with van der Waals surface area (Å²) in [5.74, 6) is 0. The Balaban J connectivity index is 1.60. The number of rotatable bonds is 2. The van der Waals surface area contributed by atoms with E-state index in [0.717, 1.165) is 24.0 Å². The van der Waals surface area contributed by atoms with Crippen molar-refractivity contribution in [3.63, 3.8) is 0 Å². The maximum Gasteiger partial charge on any atom is 0.264 e. The molecule has 3 heterocycles. The Morgan fingerprint density at radius 1 is 0.893 bits per heavy atom. The Kier molecular flexibility index (Phi) is 4.27. The molecular formula is C22H26N2O3S. The van der Waals surface area contributed by atoms with Crippen LogP contribution in [0.4, 0.5) is 5.69 Å². The number of hydrogen-bond acceptors (Lipinski definition) is 4. The molecule has 28 heavy (non-hydrogen) atoms.